The van der Waals surface area contributed by atoms with Gasteiger partial charge in [0.1, 0.15) is 0 Å². The number of hydrogen-bond donors (Lipinski definition) is 0. The molecule has 3 nitrogen and oxygen atoms in total. The molecule has 1 aromatic carbocycles. The van der Waals surface area contributed by atoms with Gasteiger partial charge in [-0.3, -0.25) is 4.98 Å². The van der Waals surface area contributed by atoms with E-state index >= 15 is 0 Å². The van der Waals surface area contributed by atoms with Crippen LogP contribution in [0.4, 0.5) is 5.69 Å². The molecular formula is C16H19N3. The highest BCUT2D eigenvalue weighted by atomic mass is 15.2. The maximum atomic E-state index is 4.48. The van der Waals surface area contributed by atoms with Crippen LogP contribution < -0.4 is 4.90 Å². The van der Waals surface area contributed by atoms with Crippen LogP contribution in [0.3, 0.4) is 0 Å². The molecule has 0 atom stereocenters. The zero-order valence-electron chi connectivity index (χ0n) is 11.3. The number of likely N-dealkylation sites (N-methyl/N-ethyl adjacent to an activating group) is 1. The van der Waals surface area contributed by atoms with Crippen LogP contribution in [-0.2, 0) is 0 Å². The van der Waals surface area contributed by atoms with Gasteiger partial charge in [-0.1, -0.05) is 30.3 Å². The van der Waals surface area contributed by atoms with E-state index in [0.29, 0.717) is 0 Å². The lowest BCUT2D eigenvalue weighted by Gasteiger charge is -2.34. The molecule has 0 unspecified atom stereocenters. The van der Waals surface area contributed by atoms with Crippen LogP contribution in [-0.4, -0.2) is 43.1 Å². The van der Waals surface area contributed by atoms with Gasteiger partial charge in [0, 0.05) is 43.6 Å². The smallest absolute Gasteiger partial charge is 0.0722 e. The summed E-state index contributed by atoms with van der Waals surface area (Å²) in [6.45, 7) is 4.44. The molecule has 0 saturated carbocycles. The lowest BCUT2D eigenvalue weighted by atomic mass is 10.1. The van der Waals surface area contributed by atoms with Crippen molar-refractivity contribution >= 4 is 5.69 Å². The summed E-state index contributed by atoms with van der Waals surface area (Å²) in [5.74, 6) is 0. The highest BCUT2D eigenvalue weighted by Crippen LogP contribution is 2.22. The Morgan fingerprint density at radius 1 is 0.947 bits per heavy atom. The number of benzene rings is 1. The fourth-order valence-corrected chi connectivity index (χ4v) is 2.45. The Bertz CT molecular complexity index is 531. The molecule has 0 aliphatic carbocycles. The average molecular weight is 253 g/mol. The minimum atomic E-state index is 1.05. The van der Waals surface area contributed by atoms with Crippen molar-refractivity contribution in [1.29, 1.82) is 0 Å². The second kappa shape index (κ2) is 5.41. The average Bonchev–Trinajstić information content (AvgIpc) is 2.49. The number of hydrogen-bond acceptors (Lipinski definition) is 3. The number of pyridine rings is 1. The van der Waals surface area contributed by atoms with Gasteiger partial charge in [-0.25, -0.2) is 0 Å². The van der Waals surface area contributed by atoms with E-state index < -0.39 is 0 Å². The summed E-state index contributed by atoms with van der Waals surface area (Å²) in [6, 6.07) is 14.7. The second-order valence-electron chi connectivity index (χ2n) is 5.06. The molecule has 0 radical (unpaired) electrons. The Morgan fingerprint density at radius 3 is 2.42 bits per heavy atom. The van der Waals surface area contributed by atoms with E-state index in [-0.39, 0.29) is 0 Å². The van der Waals surface area contributed by atoms with Crippen molar-refractivity contribution in [2.45, 2.75) is 0 Å². The predicted octanol–water partition coefficient (Wildman–Crippen LogP) is 2.50. The second-order valence-corrected chi connectivity index (χ2v) is 5.06. The van der Waals surface area contributed by atoms with E-state index in [0.717, 1.165) is 31.9 Å². The Morgan fingerprint density at radius 2 is 1.68 bits per heavy atom. The van der Waals surface area contributed by atoms with Gasteiger partial charge in [0.15, 0.2) is 0 Å². The number of piperazine rings is 1. The van der Waals surface area contributed by atoms with E-state index in [4.69, 9.17) is 0 Å². The van der Waals surface area contributed by atoms with Gasteiger partial charge >= 0.3 is 0 Å². The van der Waals surface area contributed by atoms with E-state index in [1.807, 2.05) is 12.3 Å². The third-order valence-corrected chi connectivity index (χ3v) is 3.68. The minimum Gasteiger partial charge on any atom is -0.369 e. The molecule has 0 amide bonds. The van der Waals surface area contributed by atoms with Crippen molar-refractivity contribution < 1.29 is 0 Å². The summed E-state index contributed by atoms with van der Waals surface area (Å²) in [6.07, 6.45) is 1.91. The molecule has 1 saturated heterocycles. The molecule has 19 heavy (non-hydrogen) atoms. The van der Waals surface area contributed by atoms with Crippen molar-refractivity contribution in [2.75, 3.05) is 38.1 Å². The normalized spacial score (nSPS) is 16.6. The fourth-order valence-electron chi connectivity index (χ4n) is 2.45. The summed E-state index contributed by atoms with van der Waals surface area (Å²) in [7, 11) is 2.18. The van der Waals surface area contributed by atoms with Crippen molar-refractivity contribution in [2.24, 2.45) is 0 Å². The van der Waals surface area contributed by atoms with Crippen LogP contribution in [0.15, 0.2) is 48.7 Å². The summed E-state index contributed by atoms with van der Waals surface area (Å²) in [5, 5.41) is 0. The van der Waals surface area contributed by atoms with E-state index in [2.05, 4.69) is 58.2 Å². The first-order chi connectivity index (χ1) is 9.33. The van der Waals surface area contributed by atoms with Crippen molar-refractivity contribution in [3.8, 4) is 11.3 Å². The van der Waals surface area contributed by atoms with Crippen LogP contribution in [0.5, 0.6) is 0 Å². The molecule has 2 aromatic rings. The van der Waals surface area contributed by atoms with Gasteiger partial charge in [0.2, 0.25) is 0 Å². The topological polar surface area (TPSA) is 19.4 Å². The number of anilines is 1. The van der Waals surface area contributed by atoms with Crippen LogP contribution >= 0.6 is 0 Å². The quantitative estimate of drug-likeness (QED) is 0.819. The number of rotatable bonds is 2. The number of aromatic nitrogens is 1. The number of nitrogens with zero attached hydrogens (tertiary/aromatic N) is 3. The SMILES string of the molecule is CN1CCN(c2ccnc(-c3ccccc3)c2)CC1. The maximum absolute atomic E-state index is 4.48. The Balaban J connectivity index is 1.84. The van der Waals surface area contributed by atoms with Crippen molar-refractivity contribution in [3.63, 3.8) is 0 Å². The molecule has 3 rings (SSSR count). The molecule has 1 aromatic heterocycles. The van der Waals surface area contributed by atoms with Crippen LogP contribution in [0.1, 0.15) is 0 Å². The molecule has 0 N–H and O–H groups in total. The first-order valence-corrected chi connectivity index (χ1v) is 6.78. The summed E-state index contributed by atoms with van der Waals surface area (Å²) in [5.41, 5.74) is 3.51. The van der Waals surface area contributed by atoms with Crippen LogP contribution in [0.25, 0.3) is 11.3 Å². The Hall–Kier alpha value is -1.87. The van der Waals surface area contributed by atoms with Gasteiger partial charge in [0.25, 0.3) is 0 Å². The minimum absolute atomic E-state index is 1.05. The molecule has 3 heteroatoms. The standard InChI is InChI=1S/C16H19N3/c1-18-9-11-19(12-10-18)15-7-8-17-16(13-15)14-5-3-2-4-6-14/h2-8,13H,9-12H2,1H3. The molecule has 0 spiro atoms. The van der Waals surface area contributed by atoms with Gasteiger partial charge in [-0.05, 0) is 19.2 Å². The predicted molar refractivity (Wildman–Crippen MR) is 79.4 cm³/mol. The lowest BCUT2D eigenvalue weighted by Crippen LogP contribution is -2.44. The van der Waals surface area contributed by atoms with Gasteiger partial charge in [-0.2, -0.15) is 0 Å². The fraction of sp³-hybridized carbons (Fsp3) is 0.312. The highest BCUT2D eigenvalue weighted by Gasteiger charge is 2.14. The highest BCUT2D eigenvalue weighted by molar-refractivity contribution is 5.64. The largest absolute Gasteiger partial charge is 0.369 e. The third-order valence-electron chi connectivity index (χ3n) is 3.68. The molecule has 2 heterocycles. The van der Waals surface area contributed by atoms with E-state index in [9.17, 15) is 0 Å². The maximum Gasteiger partial charge on any atom is 0.0722 e. The molecule has 98 valence electrons. The zero-order valence-corrected chi connectivity index (χ0v) is 11.3. The van der Waals surface area contributed by atoms with Crippen molar-refractivity contribution in [3.05, 3.63) is 48.7 Å². The monoisotopic (exact) mass is 253 g/mol. The summed E-state index contributed by atoms with van der Waals surface area (Å²) >= 11 is 0. The Labute approximate surface area is 114 Å². The summed E-state index contributed by atoms with van der Waals surface area (Å²) < 4.78 is 0. The first-order valence-electron chi connectivity index (χ1n) is 6.78. The van der Waals surface area contributed by atoms with Crippen LogP contribution in [0.2, 0.25) is 0 Å². The van der Waals surface area contributed by atoms with E-state index in [1.165, 1.54) is 11.3 Å². The van der Waals surface area contributed by atoms with Gasteiger partial charge in [-0.15, -0.1) is 0 Å². The van der Waals surface area contributed by atoms with Crippen LogP contribution in [0, 0.1) is 0 Å². The van der Waals surface area contributed by atoms with Gasteiger partial charge < -0.3 is 9.80 Å². The molecule has 1 aliphatic heterocycles. The third kappa shape index (κ3) is 2.76. The Kier molecular flexibility index (Phi) is 3.47. The first kappa shape index (κ1) is 12.2. The molecular weight excluding hydrogens is 234 g/mol. The molecule has 1 aliphatic rings. The summed E-state index contributed by atoms with van der Waals surface area (Å²) in [4.78, 5) is 9.29. The molecule has 0 bridgehead atoms. The molecule has 1 fully saturated rings. The van der Waals surface area contributed by atoms with E-state index in [1.54, 1.807) is 0 Å². The lowest BCUT2D eigenvalue weighted by molar-refractivity contribution is 0.313. The van der Waals surface area contributed by atoms with Crippen molar-refractivity contribution in [1.82, 2.24) is 9.88 Å². The zero-order chi connectivity index (χ0) is 13.1. The van der Waals surface area contributed by atoms with Gasteiger partial charge in [0.05, 0.1) is 5.69 Å².